The van der Waals surface area contributed by atoms with Crippen LogP contribution in [0, 0.1) is 12.8 Å². The van der Waals surface area contributed by atoms with Gasteiger partial charge in [-0.1, -0.05) is 18.2 Å². The fraction of sp³-hybridized carbons (Fsp3) is 0.412. The number of carbonyl (C=O) groups excluding carboxylic acids is 1. The van der Waals surface area contributed by atoms with Crippen molar-refractivity contribution in [2.45, 2.75) is 32.2 Å². The van der Waals surface area contributed by atoms with Crippen LogP contribution in [0.2, 0.25) is 0 Å². The summed E-state index contributed by atoms with van der Waals surface area (Å²) >= 11 is 0. The Kier molecular flexibility index (Phi) is 3.74. The van der Waals surface area contributed by atoms with Gasteiger partial charge in [-0.25, -0.2) is 4.68 Å². The fourth-order valence-corrected chi connectivity index (χ4v) is 2.76. The molecule has 1 aliphatic carbocycles. The first kappa shape index (κ1) is 14.8. The second kappa shape index (κ2) is 5.57. The smallest absolute Gasteiger partial charge is 0.255 e. The van der Waals surface area contributed by atoms with Crippen molar-refractivity contribution in [2.24, 2.45) is 11.7 Å². The lowest BCUT2D eigenvalue weighted by molar-refractivity contribution is 0.0897. The molecule has 3 N–H and O–H groups in total. The molecule has 0 bridgehead atoms. The number of nitrogens with one attached hydrogen (secondary N) is 1. The highest BCUT2D eigenvalue weighted by Crippen LogP contribution is 2.39. The Balaban J connectivity index is 1.83. The number of benzene rings is 1. The maximum Gasteiger partial charge on any atom is 0.255 e. The zero-order valence-electron chi connectivity index (χ0n) is 13.0. The third-order valence-electron chi connectivity index (χ3n) is 4.47. The Morgan fingerprint density at radius 2 is 2.09 bits per heavy atom. The number of nitrogens with two attached hydrogens (primary N) is 1. The van der Waals surface area contributed by atoms with Gasteiger partial charge < -0.3 is 11.1 Å². The molecule has 1 aliphatic rings. The topological polar surface area (TPSA) is 72.9 Å². The van der Waals surface area contributed by atoms with Crippen molar-refractivity contribution >= 4 is 5.91 Å². The van der Waals surface area contributed by atoms with Gasteiger partial charge in [-0.05, 0) is 44.7 Å². The summed E-state index contributed by atoms with van der Waals surface area (Å²) in [5.41, 5.74) is 7.81. The lowest BCUT2D eigenvalue weighted by atomic mass is 9.95. The Bertz CT molecular complexity index is 675. The van der Waals surface area contributed by atoms with Gasteiger partial charge in [-0.2, -0.15) is 5.10 Å². The number of rotatable bonds is 5. The molecule has 5 heteroatoms. The van der Waals surface area contributed by atoms with Crippen molar-refractivity contribution in [1.82, 2.24) is 15.1 Å². The maximum atomic E-state index is 12.6. The Morgan fingerprint density at radius 1 is 1.41 bits per heavy atom. The maximum absolute atomic E-state index is 12.6. The molecule has 116 valence electrons. The molecular formula is C17H22N4O. The lowest BCUT2D eigenvalue weighted by Gasteiger charge is -2.29. The zero-order valence-corrected chi connectivity index (χ0v) is 13.0. The van der Waals surface area contributed by atoms with Crippen molar-refractivity contribution in [3.63, 3.8) is 0 Å². The van der Waals surface area contributed by atoms with E-state index in [-0.39, 0.29) is 11.4 Å². The number of hydrogen-bond acceptors (Lipinski definition) is 3. The van der Waals surface area contributed by atoms with E-state index in [1.807, 2.05) is 44.2 Å². The van der Waals surface area contributed by atoms with E-state index in [1.54, 1.807) is 10.9 Å². The van der Waals surface area contributed by atoms with Gasteiger partial charge in [-0.15, -0.1) is 0 Å². The first-order chi connectivity index (χ1) is 10.5. The van der Waals surface area contributed by atoms with E-state index in [4.69, 9.17) is 5.73 Å². The Hall–Kier alpha value is -2.14. The number of hydrogen-bond donors (Lipinski definition) is 2. The zero-order chi connectivity index (χ0) is 15.7. The van der Waals surface area contributed by atoms with Crippen LogP contribution in [0.4, 0.5) is 0 Å². The molecular weight excluding hydrogens is 276 g/mol. The average molecular weight is 298 g/mol. The van der Waals surface area contributed by atoms with Gasteiger partial charge in [0.2, 0.25) is 0 Å². The second-order valence-electron chi connectivity index (χ2n) is 6.26. The molecule has 2 aromatic rings. The van der Waals surface area contributed by atoms with Gasteiger partial charge in [-0.3, -0.25) is 4.79 Å². The molecule has 1 heterocycles. The van der Waals surface area contributed by atoms with E-state index in [1.165, 1.54) is 0 Å². The SMILES string of the molecule is Cc1nn(-c2ccccc2)cc1C(=O)NC(C)(CN)C1CC1. The van der Waals surface area contributed by atoms with E-state index >= 15 is 0 Å². The lowest BCUT2D eigenvalue weighted by Crippen LogP contribution is -2.53. The van der Waals surface area contributed by atoms with Crippen LogP contribution in [0.25, 0.3) is 5.69 Å². The molecule has 3 rings (SSSR count). The highest BCUT2D eigenvalue weighted by molar-refractivity contribution is 5.95. The van der Waals surface area contributed by atoms with Crippen LogP contribution in [0.1, 0.15) is 35.8 Å². The number of amides is 1. The summed E-state index contributed by atoms with van der Waals surface area (Å²) in [4.78, 5) is 12.6. The van der Waals surface area contributed by atoms with Crippen molar-refractivity contribution < 1.29 is 4.79 Å². The van der Waals surface area contributed by atoms with Crippen molar-refractivity contribution in [3.8, 4) is 5.69 Å². The Morgan fingerprint density at radius 3 is 2.68 bits per heavy atom. The van der Waals surface area contributed by atoms with Gasteiger partial charge in [0.1, 0.15) is 0 Å². The third-order valence-corrected chi connectivity index (χ3v) is 4.47. The highest BCUT2D eigenvalue weighted by Gasteiger charge is 2.41. The normalized spacial score (nSPS) is 17.0. The molecule has 1 unspecified atom stereocenters. The van der Waals surface area contributed by atoms with Crippen LogP contribution in [-0.4, -0.2) is 27.8 Å². The van der Waals surface area contributed by atoms with Crippen molar-refractivity contribution in [3.05, 3.63) is 47.8 Å². The summed E-state index contributed by atoms with van der Waals surface area (Å²) in [6.07, 6.45) is 4.05. The molecule has 1 fully saturated rings. The average Bonchev–Trinajstić information content (AvgIpc) is 3.31. The number of nitrogens with zero attached hydrogens (tertiary/aromatic N) is 2. The van der Waals surface area contributed by atoms with Crippen LogP contribution in [0.5, 0.6) is 0 Å². The fourth-order valence-electron chi connectivity index (χ4n) is 2.76. The standard InChI is InChI=1S/C17H22N4O/c1-12-15(10-21(20-12)14-6-4-3-5-7-14)16(22)19-17(2,11-18)13-8-9-13/h3-7,10,13H,8-9,11,18H2,1-2H3,(H,19,22). The molecule has 0 radical (unpaired) electrons. The quantitative estimate of drug-likeness (QED) is 0.887. The minimum absolute atomic E-state index is 0.0977. The predicted molar refractivity (Wildman–Crippen MR) is 86.0 cm³/mol. The van der Waals surface area contributed by atoms with E-state index in [0.29, 0.717) is 18.0 Å². The van der Waals surface area contributed by atoms with Gasteiger partial charge in [0.05, 0.1) is 22.5 Å². The summed E-state index contributed by atoms with van der Waals surface area (Å²) in [6, 6.07) is 9.77. The number of para-hydroxylation sites is 1. The molecule has 0 aliphatic heterocycles. The van der Waals surface area contributed by atoms with E-state index in [2.05, 4.69) is 10.4 Å². The second-order valence-corrected chi connectivity index (χ2v) is 6.26. The minimum atomic E-state index is -0.321. The van der Waals surface area contributed by atoms with E-state index < -0.39 is 0 Å². The number of aryl methyl sites for hydroxylation is 1. The molecule has 0 saturated heterocycles. The van der Waals surface area contributed by atoms with Gasteiger partial charge in [0, 0.05) is 12.7 Å². The van der Waals surface area contributed by atoms with Crippen molar-refractivity contribution in [1.29, 1.82) is 0 Å². The monoisotopic (exact) mass is 298 g/mol. The first-order valence-electron chi connectivity index (χ1n) is 7.68. The number of aromatic nitrogens is 2. The highest BCUT2D eigenvalue weighted by atomic mass is 16.1. The van der Waals surface area contributed by atoms with Gasteiger partial charge in [0.25, 0.3) is 5.91 Å². The van der Waals surface area contributed by atoms with E-state index in [9.17, 15) is 4.79 Å². The van der Waals surface area contributed by atoms with Crippen LogP contribution in [-0.2, 0) is 0 Å². The van der Waals surface area contributed by atoms with Crippen LogP contribution in [0.15, 0.2) is 36.5 Å². The molecule has 1 saturated carbocycles. The first-order valence-corrected chi connectivity index (χ1v) is 7.68. The van der Waals surface area contributed by atoms with Crippen LogP contribution < -0.4 is 11.1 Å². The molecule has 1 atom stereocenters. The summed E-state index contributed by atoms with van der Waals surface area (Å²) in [5, 5.41) is 7.55. The summed E-state index contributed by atoms with van der Waals surface area (Å²) in [7, 11) is 0. The number of carbonyl (C=O) groups is 1. The Labute approximate surface area is 130 Å². The molecule has 1 aromatic heterocycles. The van der Waals surface area contributed by atoms with Gasteiger partial charge >= 0.3 is 0 Å². The van der Waals surface area contributed by atoms with Crippen LogP contribution >= 0.6 is 0 Å². The van der Waals surface area contributed by atoms with Crippen LogP contribution in [0.3, 0.4) is 0 Å². The van der Waals surface area contributed by atoms with Crippen molar-refractivity contribution in [2.75, 3.05) is 6.54 Å². The molecule has 1 aromatic carbocycles. The predicted octanol–water partition coefficient (Wildman–Crippen LogP) is 2.04. The minimum Gasteiger partial charge on any atom is -0.345 e. The molecule has 1 amide bonds. The summed E-state index contributed by atoms with van der Waals surface area (Å²) < 4.78 is 1.74. The third kappa shape index (κ3) is 2.76. The van der Waals surface area contributed by atoms with E-state index in [0.717, 1.165) is 24.2 Å². The van der Waals surface area contributed by atoms with Gasteiger partial charge in [0.15, 0.2) is 0 Å². The molecule has 5 nitrogen and oxygen atoms in total. The molecule has 0 spiro atoms. The molecule has 22 heavy (non-hydrogen) atoms. The summed E-state index contributed by atoms with van der Waals surface area (Å²) in [6.45, 7) is 4.33. The summed E-state index contributed by atoms with van der Waals surface area (Å²) in [5.74, 6) is 0.394. The largest absolute Gasteiger partial charge is 0.345 e.